The van der Waals surface area contributed by atoms with E-state index >= 15 is 0 Å². The van der Waals surface area contributed by atoms with Gasteiger partial charge in [-0.15, -0.1) is 0 Å². The van der Waals surface area contributed by atoms with Gasteiger partial charge in [0, 0.05) is 24.2 Å². The maximum Gasteiger partial charge on any atom is 0.137 e. The molecular weight excluding hydrogens is 372 g/mol. The molecule has 0 unspecified atom stereocenters. The quantitative estimate of drug-likeness (QED) is 0.631. The second-order valence-corrected chi connectivity index (χ2v) is 10.3. The number of carbonyl (C=O) groups is 1. The van der Waals surface area contributed by atoms with Gasteiger partial charge < -0.3 is 10.2 Å². The summed E-state index contributed by atoms with van der Waals surface area (Å²) in [6.45, 7) is 8.44. The number of ketones is 1. The molecule has 0 radical (unpaired) electrons. The van der Waals surface area contributed by atoms with Gasteiger partial charge in [0.2, 0.25) is 0 Å². The number of phenols is 1. The lowest BCUT2D eigenvalue weighted by Gasteiger charge is -2.54. The van der Waals surface area contributed by atoms with Crippen molar-refractivity contribution in [2.45, 2.75) is 70.3 Å². The molecule has 3 nitrogen and oxygen atoms in total. The Morgan fingerprint density at radius 1 is 1.20 bits per heavy atom. The number of hydrogen-bond donors (Lipinski definition) is 2. The number of aromatic hydroxyl groups is 1. The summed E-state index contributed by atoms with van der Waals surface area (Å²) in [4.78, 5) is 12.1. The third kappa shape index (κ3) is 2.64. The van der Waals surface area contributed by atoms with Crippen molar-refractivity contribution < 1.29 is 15.0 Å². The Morgan fingerprint density at radius 3 is 2.63 bits per heavy atom. The van der Waals surface area contributed by atoms with Crippen LogP contribution in [0.15, 0.2) is 59.2 Å². The summed E-state index contributed by atoms with van der Waals surface area (Å²) in [7, 11) is 0. The second kappa shape index (κ2) is 6.68. The fourth-order valence-corrected chi connectivity index (χ4v) is 7.31. The number of rotatable bonds is 2. The van der Waals surface area contributed by atoms with E-state index in [-0.39, 0.29) is 17.1 Å². The lowest BCUT2D eigenvalue weighted by atomic mass is 9.51. The molecule has 30 heavy (non-hydrogen) atoms. The molecule has 4 aliphatic rings. The smallest absolute Gasteiger partial charge is 0.137 e. The zero-order valence-electron chi connectivity index (χ0n) is 18.1. The van der Waals surface area contributed by atoms with E-state index < -0.39 is 5.60 Å². The van der Waals surface area contributed by atoms with Gasteiger partial charge in [0.05, 0.1) is 5.60 Å². The van der Waals surface area contributed by atoms with Gasteiger partial charge in [-0.3, -0.25) is 4.79 Å². The van der Waals surface area contributed by atoms with Gasteiger partial charge in [-0.05, 0) is 85.3 Å². The Morgan fingerprint density at radius 2 is 1.93 bits per heavy atom. The van der Waals surface area contributed by atoms with Crippen LogP contribution in [0.2, 0.25) is 0 Å². The average Bonchev–Trinajstić information content (AvgIpc) is 2.99. The minimum atomic E-state index is -0.838. The molecule has 0 aliphatic heterocycles. The van der Waals surface area contributed by atoms with E-state index in [0.717, 1.165) is 37.7 Å². The number of allylic oxidation sites excluding steroid dienone is 4. The first-order chi connectivity index (χ1) is 14.2. The van der Waals surface area contributed by atoms with Crippen molar-refractivity contribution in [2.24, 2.45) is 17.3 Å². The Hall–Kier alpha value is -2.13. The molecule has 2 N–H and O–H groups in total. The van der Waals surface area contributed by atoms with Crippen molar-refractivity contribution in [3.63, 3.8) is 0 Å². The van der Waals surface area contributed by atoms with Gasteiger partial charge in [0.1, 0.15) is 11.5 Å². The van der Waals surface area contributed by atoms with E-state index in [4.69, 9.17) is 0 Å². The highest BCUT2D eigenvalue weighted by atomic mass is 16.3. The summed E-state index contributed by atoms with van der Waals surface area (Å²) < 4.78 is 0. The van der Waals surface area contributed by atoms with E-state index in [9.17, 15) is 15.0 Å². The zero-order chi connectivity index (χ0) is 21.3. The Kier molecular flexibility index (Phi) is 4.41. The Bertz CT molecular complexity index is 982. The maximum atomic E-state index is 12.1. The number of hydrogen-bond acceptors (Lipinski definition) is 3. The predicted octanol–water partition coefficient (Wildman–Crippen LogP) is 5.60. The van der Waals surface area contributed by atoms with Crippen molar-refractivity contribution >= 4 is 5.78 Å². The fraction of sp³-hybridized carbons (Fsp3) is 0.519. The average molecular weight is 405 g/mol. The number of fused-ring (bicyclic) bond motifs is 4. The highest BCUT2D eigenvalue weighted by Crippen LogP contribution is 2.67. The molecule has 158 valence electrons. The van der Waals surface area contributed by atoms with Gasteiger partial charge >= 0.3 is 0 Å². The third-order valence-corrected chi connectivity index (χ3v) is 8.87. The van der Waals surface area contributed by atoms with Crippen LogP contribution >= 0.6 is 0 Å². The SMILES string of the molecule is C=C(C)[C@]1(O)CC[C@H]2[C@@H]3CC=C4CC(=O)CCC4=C3[C@@H](c3ccc(O)cc3)C[C@@]21C. The van der Waals surface area contributed by atoms with Gasteiger partial charge in [0.25, 0.3) is 0 Å². The molecule has 3 heteroatoms. The number of aliphatic hydroxyl groups is 1. The molecule has 0 aromatic heterocycles. The molecule has 4 aliphatic carbocycles. The standard InChI is InChI=1S/C27H32O3/c1-16(2)27(30)13-12-24-22-10-6-18-14-20(29)9-11-21(18)25(22)23(15-26(24,27)3)17-4-7-19(28)8-5-17/h4-8,22-24,28,30H,1,9-15H2,2-3H3/t22-,23+,24-,26-,27+/m0/s1. The monoisotopic (exact) mass is 404 g/mol. The van der Waals surface area contributed by atoms with Crippen LogP contribution in [-0.2, 0) is 4.79 Å². The summed E-state index contributed by atoms with van der Waals surface area (Å²) >= 11 is 0. The molecule has 0 bridgehead atoms. The van der Waals surface area contributed by atoms with Gasteiger partial charge in [-0.2, -0.15) is 0 Å². The van der Waals surface area contributed by atoms with Crippen molar-refractivity contribution in [3.8, 4) is 5.75 Å². The highest BCUT2D eigenvalue weighted by molar-refractivity contribution is 5.84. The topological polar surface area (TPSA) is 57.5 Å². The zero-order valence-corrected chi connectivity index (χ0v) is 18.1. The van der Waals surface area contributed by atoms with Crippen molar-refractivity contribution in [1.29, 1.82) is 0 Å². The van der Waals surface area contributed by atoms with E-state index in [1.54, 1.807) is 12.1 Å². The van der Waals surface area contributed by atoms with Crippen LogP contribution in [-0.4, -0.2) is 21.6 Å². The fourth-order valence-electron chi connectivity index (χ4n) is 7.31. The maximum absolute atomic E-state index is 12.1. The van der Waals surface area contributed by atoms with Gasteiger partial charge in [-0.1, -0.05) is 37.3 Å². The summed E-state index contributed by atoms with van der Waals surface area (Å²) in [5.41, 5.74) is 5.19. The molecule has 5 atom stereocenters. The van der Waals surface area contributed by atoms with Crippen LogP contribution in [0.5, 0.6) is 5.75 Å². The summed E-state index contributed by atoms with van der Waals surface area (Å²) in [5, 5.41) is 21.6. The van der Waals surface area contributed by atoms with E-state index in [1.165, 1.54) is 22.3 Å². The third-order valence-electron chi connectivity index (χ3n) is 8.87. The van der Waals surface area contributed by atoms with E-state index in [1.807, 2.05) is 19.1 Å². The minimum Gasteiger partial charge on any atom is -0.508 e. The normalized spacial score (nSPS) is 37.9. The minimum absolute atomic E-state index is 0.202. The van der Waals surface area contributed by atoms with Gasteiger partial charge in [0.15, 0.2) is 0 Å². The molecule has 0 saturated heterocycles. The van der Waals surface area contributed by atoms with Crippen molar-refractivity contribution in [2.75, 3.05) is 0 Å². The molecule has 1 aromatic rings. The molecule has 5 rings (SSSR count). The first-order valence-electron chi connectivity index (χ1n) is 11.4. The van der Waals surface area contributed by atoms with Crippen LogP contribution < -0.4 is 0 Å². The summed E-state index contributed by atoms with van der Waals surface area (Å²) in [6, 6.07) is 7.62. The number of carbonyl (C=O) groups excluding carboxylic acids is 1. The van der Waals surface area contributed by atoms with Crippen LogP contribution in [0.4, 0.5) is 0 Å². The first kappa shape index (κ1) is 19.8. The molecule has 0 heterocycles. The molecule has 0 amide bonds. The van der Waals surface area contributed by atoms with Crippen LogP contribution in [0.3, 0.4) is 0 Å². The second-order valence-electron chi connectivity index (χ2n) is 10.3. The largest absolute Gasteiger partial charge is 0.508 e. The van der Waals surface area contributed by atoms with E-state index in [2.05, 4.69) is 19.6 Å². The molecule has 3 fully saturated rings. The van der Waals surface area contributed by atoms with Gasteiger partial charge in [-0.25, -0.2) is 0 Å². The van der Waals surface area contributed by atoms with Crippen LogP contribution in [0.25, 0.3) is 0 Å². The molecular formula is C27H32O3. The van der Waals surface area contributed by atoms with E-state index in [0.29, 0.717) is 30.5 Å². The number of phenolic OH excluding ortho intramolecular Hbond substituents is 1. The van der Waals surface area contributed by atoms with Crippen molar-refractivity contribution in [1.82, 2.24) is 0 Å². The van der Waals surface area contributed by atoms with Crippen LogP contribution in [0, 0.1) is 17.3 Å². The number of Topliss-reactive ketones (excluding diaryl/α,β-unsaturated/α-hetero) is 1. The first-order valence-corrected chi connectivity index (χ1v) is 11.4. The highest BCUT2D eigenvalue weighted by Gasteiger charge is 2.62. The molecule has 0 spiro atoms. The summed E-state index contributed by atoms with van der Waals surface area (Å²) in [5.74, 6) is 1.66. The lowest BCUT2D eigenvalue weighted by molar-refractivity contribution is -0.118. The lowest BCUT2D eigenvalue weighted by Crippen LogP contribution is -2.51. The summed E-state index contributed by atoms with van der Waals surface area (Å²) in [6.07, 6.45) is 8.02. The number of benzene rings is 1. The van der Waals surface area contributed by atoms with Crippen molar-refractivity contribution in [3.05, 3.63) is 64.8 Å². The Labute approximate surface area is 179 Å². The molecule has 3 saturated carbocycles. The molecule has 1 aromatic carbocycles. The van der Waals surface area contributed by atoms with Crippen LogP contribution in [0.1, 0.15) is 70.3 Å². The predicted molar refractivity (Wildman–Crippen MR) is 118 cm³/mol. The Balaban J connectivity index is 1.68.